The predicted molar refractivity (Wildman–Crippen MR) is 91.7 cm³/mol. The van der Waals surface area contributed by atoms with E-state index in [9.17, 15) is 9.59 Å². The second-order valence-corrected chi connectivity index (χ2v) is 6.47. The first-order valence-corrected chi connectivity index (χ1v) is 8.58. The molecule has 2 amide bonds. The third-order valence-corrected chi connectivity index (χ3v) is 4.73. The van der Waals surface area contributed by atoms with Gasteiger partial charge in [-0.2, -0.15) is 0 Å². The maximum atomic E-state index is 12.3. The zero-order valence-electron chi connectivity index (χ0n) is 14.0. The van der Waals surface area contributed by atoms with Gasteiger partial charge in [0.15, 0.2) is 5.79 Å². The molecule has 1 spiro atoms. The number of hydrogen-bond acceptors (Lipinski definition) is 5. The summed E-state index contributed by atoms with van der Waals surface area (Å²) in [6, 6.07) is 4.92. The van der Waals surface area contributed by atoms with Crippen molar-refractivity contribution in [2.45, 2.75) is 25.0 Å². The highest BCUT2D eigenvalue weighted by Crippen LogP contribution is 2.31. The molecule has 2 aliphatic rings. The number of likely N-dealkylation sites (tertiary alicyclic amines) is 1. The molecule has 7 nitrogen and oxygen atoms in total. The number of nitrogens with one attached hydrogen (secondary N) is 1. The smallest absolute Gasteiger partial charge is 0.233 e. The number of amides is 2. The molecule has 0 aromatic heterocycles. The van der Waals surface area contributed by atoms with E-state index in [-0.39, 0.29) is 18.2 Å². The van der Waals surface area contributed by atoms with Crippen molar-refractivity contribution in [1.82, 2.24) is 4.90 Å². The number of anilines is 1. The van der Waals surface area contributed by atoms with Gasteiger partial charge in [-0.1, -0.05) is 11.6 Å². The van der Waals surface area contributed by atoms with Crippen LogP contribution in [0.25, 0.3) is 0 Å². The second-order valence-electron chi connectivity index (χ2n) is 6.06. The number of nitrogens with zero attached hydrogens (tertiary/aromatic N) is 1. The van der Waals surface area contributed by atoms with Gasteiger partial charge in [0.25, 0.3) is 0 Å². The third kappa shape index (κ3) is 4.23. The lowest BCUT2D eigenvalue weighted by Crippen LogP contribution is -2.47. The first-order valence-electron chi connectivity index (χ1n) is 8.20. The zero-order valence-corrected chi connectivity index (χ0v) is 14.8. The summed E-state index contributed by atoms with van der Waals surface area (Å²) in [7, 11) is 1.52. The van der Waals surface area contributed by atoms with Gasteiger partial charge >= 0.3 is 0 Å². The summed E-state index contributed by atoms with van der Waals surface area (Å²) in [5, 5.41) is 3.07. The van der Waals surface area contributed by atoms with E-state index in [1.165, 1.54) is 7.11 Å². The van der Waals surface area contributed by atoms with Gasteiger partial charge in [-0.05, 0) is 18.2 Å². The van der Waals surface area contributed by atoms with Gasteiger partial charge in [-0.25, -0.2) is 0 Å². The minimum absolute atomic E-state index is 0.204. The Kier molecular flexibility index (Phi) is 5.46. The van der Waals surface area contributed by atoms with Crippen LogP contribution in [0.15, 0.2) is 18.2 Å². The lowest BCUT2D eigenvalue weighted by atomic mass is 10.0. The highest BCUT2D eigenvalue weighted by molar-refractivity contribution is 6.32. The fourth-order valence-corrected chi connectivity index (χ4v) is 3.34. The molecular formula is C17H21ClN2O5. The van der Waals surface area contributed by atoms with Crippen LogP contribution in [0.4, 0.5) is 5.69 Å². The maximum Gasteiger partial charge on any atom is 0.233 e. The molecule has 0 atom stereocenters. The number of piperidine rings is 1. The summed E-state index contributed by atoms with van der Waals surface area (Å²) < 4.78 is 16.3. The van der Waals surface area contributed by atoms with Crippen molar-refractivity contribution in [1.29, 1.82) is 0 Å². The highest BCUT2D eigenvalue weighted by atomic mass is 35.5. The summed E-state index contributed by atoms with van der Waals surface area (Å²) in [5.41, 5.74) is 0.522. The average Bonchev–Trinajstić information content (AvgIpc) is 3.03. The number of carbonyl (C=O) groups is 2. The Morgan fingerprint density at radius 3 is 2.56 bits per heavy atom. The number of halogens is 1. The topological polar surface area (TPSA) is 77.1 Å². The normalized spacial score (nSPS) is 19.0. The Balaban J connectivity index is 1.49. The van der Waals surface area contributed by atoms with Crippen LogP contribution in [0.1, 0.15) is 19.3 Å². The molecule has 1 aromatic carbocycles. The summed E-state index contributed by atoms with van der Waals surface area (Å²) in [6.07, 6.45) is 1.06. The number of rotatable bonds is 4. The molecule has 0 saturated carbocycles. The predicted octanol–water partition coefficient (Wildman–Crippen LogP) is 2.04. The summed E-state index contributed by atoms with van der Waals surface area (Å²) in [6.45, 7) is 2.25. The molecule has 0 unspecified atom stereocenters. The molecule has 1 N–H and O–H groups in total. The number of carbonyl (C=O) groups excluding carboxylic acids is 2. The molecular weight excluding hydrogens is 348 g/mol. The first kappa shape index (κ1) is 18.0. The van der Waals surface area contributed by atoms with Gasteiger partial charge in [0, 0.05) is 31.6 Å². The molecule has 2 aliphatic heterocycles. The molecule has 2 heterocycles. The van der Waals surface area contributed by atoms with Gasteiger partial charge in [-0.3, -0.25) is 9.59 Å². The van der Waals surface area contributed by atoms with Crippen molar-refractivity contribution in [3.8, 4) is 5.75 Å². The number of benzene rings is 1. The van der Waals surface area contributed by atoms with Crippen LogP contribution in [0, 0.1) is 0 Å². The SMILES string of the molecule is COc1ccc(NC(=O)CC(=O)N2CCC3(CC2)OCCO3)cc1Cl. The van der Waals surface area contributed by atoms with Gasteiger partial charge < -0.3 is 24.4 Å². The molecule has 0 aliphatic carbocycles. The van der Waals surface area contributed by atoms with Crippen LogP contribution in [-0.2, 0) is 19.1 Å². The fourth-order valence-electron chi connectivity index (χ4n) is 3.08. The van der Waals surface area contributed by atoms with E-state index in [1.54, 1.807) is 23.1 Å². The Labute approximate surface area is 151 Å². The lowest BCUT2D eigenvalue weighted by molar-refractivity contribution is -0.187. The van der Waals surface area contributed by atoms with Crippen molar-refractivity contribution >= 4 is 29.1 Å². The number of hydrogen-bond donors (Lipinski definition) is 1. The Morgan fingerprint density at radius 2 is 1.96 bits per heavy atom. The quantitative estimate of drug-likeness (QED) is 0.823. The fraction of sp³-hybridized carbons (Fsp3) is 0.529. The molecule has 25 heavy (non-hydrogen) atoms. The van der Waals surface area contributed by atoms with Crippen LogP contribution in [0.2, 0.25) is 5.02 Å². The van der Waals surface area contributed by atoms with Crippen molar-refractivity contribution in [3.05, 3.63) is 23.2 Å². The standard InChI is InChI=1S/C17H21ClN2O5/c1-23-14-3-2-12(10-13(14)18)19-15(21)11-16(22)20-6-4-17(5-7-20)24-8-9-25-17/h2-3,10H,4-9,11H2,1H3,(H,19,21). The molecule has 0 bridgehead atoms. The van der Waals surface area contributed by atoms with Crippen LogP contribution < -0.4 is 10.1 Å². The lowest BCUT2D eigenvalue weighted by Gasteiger charge is -2.37. The largest absolute Gasteiger partial charge is 0.495 e. The van der Waals surface area contributed by atoms with E-state index in [2.05, 4.69) is 5.32 Å². The monoisotopic (exact) mass is 368 g/mol. The first-order chi connectivity index (χ1) is 12.0. The minimum Gasteiger partial charge on any atom is -0.495 e. The van der Waals surface area contributed by atoms with Crippen molar-refractivity contribution in [3.63, 3.8) is 0 Å². The van der Waals surface area contributed by atoms with Crippen LogP contribution in [0.3, 0.4) is 0 Å². The van der Waals surface area contributed by atoms with E-state index in [1.807, 2.05) is 0 Å². The number of methoxy groups -OCH3 is 1. The second kappa shape index (κ2) is 7.59. The van der Waals surface area contributed by atoms with Gasteiger partial charge in [-0.15, -0.1) is 0 Å². The van der Waals surface area contributed by atoms with Gasteiger partial charge in [0.1, 0.15) is 12.2 Å². The molecule has 0 radical (unpaired) electrons. The van der Waals surface area contributed by atoms with Crippen molar-refractivity contribution in [2.75, 3.05) is 38.7 Å². The molecule has 3 rings (SSSR count). The van der Waals surface area contributed by atoms with Crippen molar-refractivity contribution in [2.24, 2.45) is 0 Å². The average molecular weight is 369 g/mol. The molecule has 2 saturated heterocycles. The van der Waals surface area contributed by atoms with Gasteiger partial charge in [0.2, 0.25) is 11.8 Å². The summed E-state index contributed by atoms with van der Waals surface area (Å²) >= 11 is 6.02. The van der Waals surface area contributed by atoms with Crippen LogP contribution in [0.5, 0.6) is 5.75 Å². The van der Waals surface area contributed by atoms with Crippen molar-refractivity contribution < 1.29 is 23.8 Å². The van der Waals surface area contributed by atoms with E-state index in [0.29, 0.717) is 55.6 Å². The van der Waals surface area contributed by atoms with Crippen LogP contribution in [-0.4, -0.2) is 55.9 Å². The van der Waals surface area contributed by atoms with E-state index in [0.717, 1.165) is 0 Å². The third-order valence-electron chi connectivity index (χ3n) is 4.44. The molecule has 2 fully saturated rings. The highest BCUT2D eigenvalue weighted by Gasteiger charge is 2.40. The molecule has 8 heteroatoms. The van der Waals surface area contributed by atoms with Crippen LogP contribution >= 0.6 is 11.6 Å². The minimum atomic E-state index is -0.529. The van der Waals surface area contributed by atoms with E-state index >= 15 is 0 Å². The Hall–Kier alpha value is -1.83. The Morgan fingerprint density at radius 1 is 1.28 bits per heavy atom. The van der Waals surface area contributed by atoms with E-state index < -0.39 is 5.79 Å². The molecule has 136 valence electrons. The number of ether oxygens (including phenoxy) is 3. The zero-order chi connectivity index (χ0) is 17.9. The molecule has 1 aromatic rings. The summed E-state index contributed by atoms with van der Waals surface area (Å²) in [5.74, 6) is -0.585. The Bertz CT molecular complexity index is 650. The summed E-state index contributed by atoms with van der Waals surface area (Å²) in [4.78, 5) is 26.1. The van der Waals surface area contributed by atoms with E-state index in [4.69, 9.17) is 25.8 Å². The van der Waals surface area contributed by atoms with Gasteiger partial charge in [0.05, 0.1) is 25.3 Å². The maximum absolute atomic E-state index is 12.3.